The van der Waals surface area contributed by atoms with E-state index in [2.05, 4.69) is 4.98 Å². The lowest BCUT2D eigenvalue weighted by molar-refractivity contribution is 0.0997. The highest BCUT2D eigenvalue weighted by Crippen LogP contribution is 2.30. The molecule has 6 heteroatoms. The van der Waals surface area contributed by atoms with Crippen molar-refractivity contribution in [3.05, 3.63) is 36.2 Å². The molecule has 5 nitrogen and oxygen atoms in total. The molecule has 0 radical (unpaired) electrons. The van der Waals surface area contributed by atoms with Gasteiger partial charge >= 0.3 is 0 Å². The van der Waals surface area contributed by atoms with E-state index in [9.17, 15) is 4.79 Å². The number of carbonyl (C=O) groups excluding carboxylic acids is 1. The van der Waals surface area contributed by atoms with E-state index >= 15 is 0 Å². The fourth-order valence-electron chi connectivity index (χ4n) is 1.18. The topological polar surface area (TPSA) is 95.1 Å². The number of amides is 1. The van der Waals surface area contributed by atoms with E-state index in [0.717, 1.165) is 0 Å². The summed E-state index contributed by atoms with van der Waals surface area (Å²) in [5, 5.41) is 0.451. The third-order valence-electron chi connectivity index (χ3n) is 1.88. The van der Waals surface area contributed by atoms with Gasteiger partial charge in [0.05, 0.1) is 11.8 Å². The van der Waals surface area contributed by atoms with E-state index in [1.165, 1.54) is 30.3 Å². The molecule has 82 valence electrons. The summed E-state index contributed by atoms with van der Waals surface area (Å²) in [5.74, 6) is -0.527. The number of nitrogen functional groups attached to an aromatic ring is 1. The average molecular weight is 235 g/mol. The van der Waals surface area contributed by atoms with Crippen molar-refractivity contribution in [1.29, 1.82) is 0 Å². The van der Waals surface area contributed by atoms with E-state index in [4.69, 9.17) is 15.9 Å². The Kier molecular flexibility index (Phi) is 2.82. The molecule has 1 aromatic heterocycles. The third kappa shape index (κ3) is 2.17. The predicted octanol–water partition coefficient (Wildman–Crippen LogP) is 1.51. The second-order valence-electron chi connectivity index (χ2n) is 3.02. The Hall–Kier alpha value is -1.95. The van der Waals surface area contributed by atoms with E-state index in [1.807, 2.05) is 0 Å². The van der Waals surface area contributed by atoms with E-state index in [0.29, 0.717) is 21.4 Å². The molecule has 1 heterocycles. The summed E-state index contributed by atoms with van der Waals surface area (Å²) < 4.78 is 5.07. The molecule has 1 aromatic carbocycles. The Labute approximate surface area is 95.8 Å². The van der Waals surface area contributed by atoms with Crippen LogP contribution in [0.5, 0.6) is 0 Å². The zero-order chi connectivity index (χ0) is 11.5. The fourth-order valence-corrected chi connectivity index (χ4v) is 1.99. The van der Waals surface area contributed by atoms with Gasteiger partial charge in [-0.15, -0.1) is 0 Å². The number of aromatic nitrogens is 1. The summed E-state index contributed by atoms with van der Waals surface area (Å²) in [6.45, 7) is 0. The molecule has 2 aromatic rings. The second-order valence-corrected chi connectivity index (χ2v) is 4.01. The van der Waals surface area contributed by atoms with Crippen molar-refractivity contribution >= 4 is 23.4 Å². The molecule has 4 N–H and O–H groups in total. The highest BCUT2D eigenvalue weighted by molar-refractivity contribution is 7.99. The summed E-state index contributed by atoms with van der Waals surface area (Å²) in [6.07, 6.45) is 2.99. The summed E-state index contributed by atoms with van der Waals surface area (Å²) in [6, 6.07) is 4.94. The lowest BCUT2D eigenvalue weighted by Gasteiger charge is -2.04. The monoisotopic (exact) mass is 235 g/mol. The Balaban J connectivity index is 2.36. The molecule has 16 heavy (non-hydrogen) atoms. The molecule has 0 spiro atoms. The van der Waals surface area contributed by atoms with Crippen LogP contribution in [0.25, 0.3) is 0 Å². The average Bonchev–Trinajstić information content (AvgIpc) is 2.73. The number of hydrogen-bond donors (Lipinski definition) is 2. The molecule has 0 aliphatic carbocycles. The minimum Gasteiger partial charge on any atom is -0.440 e. The summed E-state index contributed by atoms with van der Waals surface area (Å²) in [4.78, 5) is 15.8. The summed E-state index contributed by atoms with van der Waals surface area (Å²) >= 11 is 1.22. The van der Waals surface area contributed by atoms with Gasteiger partial charge < -0.3 is 15.9 Å². The lowest BCUT2D eigenvalue weighted by Crippen LogP contribution is -2.12. The zero-order valence-corrected chi connectivity index (χ0v) is 9.03. The maximum Gasteiger partial charge on any atom is 0.260 e. The van der Waals surface area contributed by atoms with Gasteiger partial charge in [0.15, 0.2) is 0 Å². The van der Waals surface area contributed by atoms with E-state index in [-0.39, 0.29) is 0 Å². The number of primary amides is 1. The molecular weight excluding hydrogens is 226 g/mol. The van der Waals surface area contributed by atoms with Gasteiger partial charge in [0.2, 0.25) is 5.91 Å². The number of oxazole rings is 1. The smallest absolute Gasteiger partial charge is 0.260 e. The minimum atomic E-state index is -0.527. The lowest BCUT2D eigenvalue weighted by atomic mass is 10.2. The normalized spacial score (nSPS) is 10.2. The van der Waals surface area contributed by atoms with Crippen LogP contribution in [0, 0.1) is 0 Å². The van der Waals surface area contributed by atoms with Crippen LogP contribution in [0.2, 0.25) is 0 Å². The minimum absolute atomic E-state index is 0.364. The van der Waals surface area contributed by atoms with Crippen LogP contribution >= 0.6 is 11.8 Å². The molecule has 0 saturated carbocycles. The first-order valence-electron chi connectivity index (χ1n) is 4.43. The fraction of sp³-hybridized carbons (Fsp3) is 0. The Bertz CT molecular complexity index is 511. The maximum absolute atomic E-state index is 11.2. The van der Waals surface area contributed by atoms with Gasteiger partial charge in [0.1, 0.15) is 6.26 Å². The molecule has 0 unspecified atom stereocenters. The SMILES string of the molecule is NC(=O)c1cc(N)ccc1Sc1ncco1. The highest BCUT2D eigenvalue weighted by atomic mass is 32.2. The molecule has 0 saturated heterocycles. The van der Waals surface area contributed by atoms with Crippen LogP contribution in [0.1, 0.15) is 10.4 Å². The van der Waals surface area contributed by atoms with Gasteiger partial charge in [0, 0.05) is 10.6 Å². The Morgan fingerprint density at radius 3 is 2.88 bits per heavy atom. The number of benzene rings is 1. The third-order valence-corrected chi connectivity index (χ3v) is 2.83. The van der Waals surface area contributed by atoms with Crippen molar-refractivity contribution in [2.75, 3.05) is 5.73 Å². The van der Waals surface area contributed by atoms with Gasteiger partial charge in [0.25, 0.3) is 5.22 Å². The number of carbonyl (C=O) groups is 1. The van der Waals surface area contributed by atoms with Crippen LogP contribution in [-0.2, 0) is 0 Å². The number of nitrogens with two attached hydrogens (primary N) is 2. The van der Waals surface area contributed by atoms with Crippen molar-refractivity contribution in [2.24, 2.45) is 5.73 Å². The quantitative estimate of drug-likeness (QED) is 0.786. The molecule has 2 rings (SSSR count). The predicted molar refractivity (Wildman–Crippen MR) is 60.0 cm³/mol. The maximum atomic E-state index is 11.2. The highest BCUT2D eigenvalue weighted by Gasteiger charge is 2.11. The van der Waals surface area contributed by atoms with Gasteiger partial charge in [-0.3, -0.25) is 4.79 Å². The Morgan fingerprint density at radius 1 is 1.44 bits per heavy atom. The standard InChI is InChI=1S/C10H9N3O2S/c11-6-1-2-8(7(5-6)9(12)14)16-10-13-3-4-15-10/h1-5H,11H2,(H2,12,14). The molecule has 0 fully saturated rings. The molecule has 0 bridgehead atoms. The number of nitrogens with zero attached hydrogens (tertiary/aromatic N) is 1. The second kappa shape index (κ2) is 4.28. The van der Waals surface area contributed by atoms with E-state index in [1.54, 1.807) is 12.1 Å². The molecule has 0 atom stereocenters. The van der Waals surface area contributed by atoms with Crippen LogP contribution in [0.4, 0.5) is 5.69 Å². The first-order chi connectivity index (χ1) is 7.66. The van der Waals surface area contributed by atoms with Gasteiger partial charge in [-0.05, 0) is 30.0 Å². The van der Waals surface area contributed by atoms with Crippen molar-refractivity contribution in [1.82, 2.24) is 4.98 Å². The van der Waals surface area contributed by atoms with Crippen LogP contribution in [-0.4, -0.2) is 10.9 Å². The largest absolute Gasteiger partial charge is 0.440 e. The Morgan fingerprint density at radius 2 is 2.25 bits per heavy atom. The molecule has 0 aliphatic heterocycles. The molecule has 0 aliphatic rings. The van der Waals surface area contributed by atoms with Crippen LogP contribution in [0.3, 0.4) is 0 Å². The summed E-state index contributed by atoms with van der Waals surface area (Å²) in [5.41, 5.74) is 11.7. The van der Waals surface area contributed by atoms with Crippen molar-refractivity contribution in [3.8, 4) is 0 Å². The summed E-state index contributed by atoms with van der Waals surface area (Å²) in [7, 11) is 0. The zero-order valence-electron chi connectivity index (χ0n) is 8.21. The first kappa shape index (κ1) is 10.6. The van der Waals surface area contributed by atoms with Crippen molar-refractivity contribution < 1.29 is 9.21 Å². The van der Waals surface area contributed by atoms with Gasteiger partial charge in [-0.2, -0.15) is 0 Å². The first-order valence-corrected chi connectivity index (χ1v) is 5.25. The van der Waals surface area contributed by atoms with Crippen LogP contribution < -0.4 is 11.5 Å². The number of hydrogen-bond acceptors (Lipinski definition) is 5. The van der Waals surface area contributed by atoms with E-state index < -0.39 is 5.91 Å². The molecule has 1 amide bonds. The van der Waals surface area contributed by atoms with Gasteiger partial charge in [-0.25, -0.2) is 4.98 Å². The van der Waals surface area contributed by atoms with Crippen molar-refractivity contribution in [2.45, 2.75) is 10.1 Å². The van der Waals surface area contributed by atoms with Crippen molar-refractivity contribution in [3.63, 3.8) is 0 Å². The van der Waals surface area contributed by atoms with Crippen LogP contribution in [0.15, 0.2) is 45.2 Å². The number of anilines is 1. The molecular formula is C10H9N3O2S. The number of rotatable bonds is 3. The van der Waals surface area contributed by atoms with Gasteiger partial charge in [-0.1, -0.05) is 0 Å².